The third kappa shape index (κ3) is 3.40. The lowest BCUT2D eigenvalue weighted by molar-refractivity contribution is -0.385. The molecule has 2 aromatic carbocycles. The molecule has 0 aliphatic carbocycles. The molecule has 5 nitrogen and oxygen atoms in total. The van der Waals surface area contributed by atoms with Gasteiger partial charge in [0.15, 0.2) is 0 Å². The normalized spacial score (nSPS) is 10.2. The van der Waals surface area contributed by atoms with E-state index in [1.807, 2.05) is 22.6 Å². The average molecular weight is 450 g/mol. The van der Waals surface area contributed by atoms with Crippen molar-refractivity contribution in [1.82, 2.24) is 0 Å². The second-order valence-corrected chi connectivity index (χ2v) is 5.87. The fraction of sp³-hybridized carbons (Fsp3) is 0.0769. The summed E-state index contributed by atoms with van der Waals surface area (Å²) in [7, 11) is 1.56. The maximum absolute atomic E-state index is 11.0. The van der Waals surface area contributed by atoms with Gasteiger partial charge in [-0.15, -0.1) is 0 Å². The van der Waals surface area contributed by atoms with Crippen molar-refractivity contribution < 1.29 is 14.4 Å². The highest BCUT2D eigenvalue weighted by atomic mass is 127. The molecule has 0 heterocycles. The number of methoxy groups -OCH3 is 1. The van der Waals surface area contributed by atoms with Crippen molar-refractivity contribution in [3.05, 3.63) is 54.6 Å². The van der Waals surface area contributed by atoms with Crippen LogP contribution < -0.4 is 9.47 Å². The number of rotatable bonds is 4. The summed E-state index contributed by atoms with van der Waals surface area (Å²) in [6, 6.07) is 9.93. The van der Waals surface area contributed by atoms with Gasteiger partial charge in [-0.25, -0.2) is 0 Å². The lowest BCUT2D eigenvalue weighted by Gasteiger charge is -2.09. The monoisotopic (exact) mass is 449 g/mol. The smallest absolute Gasteiger partial charge is 0.312 e. The van der Waals surface area contributed by atoms with Gasteiger partial charge in [0.25, 0.3) is 0 Å². The minimum absolute atomic E-state index is 0.0698. The van der Waals surface area contributed by atoms with Crippen LogP contribution in [0.4, 0.5) is 5.69 Å². The molecule has 0 N–H and O–H groups in total. The Morgan fingerprint density at radius 3 is 2.50 bits per heavy atom. The minimum Gasteiger partial charge on any atom is -0.497 e. The summed E-state index contributed by atoms with van der Waals surface area (Å²) in [5.41, 5.74) is -0.0698. The highest BCUT2D eigenvalue weighted by molar-refractivity contribution is 14.1. The molecule has 0 bridgehead atoms. The van der Waals surface area contributed by atoms with Crippen LogP contribution in [-0.4, -0.2) is 12.0 Å². The van der Waals surface area contributed by atoms with Gasteiger partial charge < -0.3 is 9.47 Å². The highest BCUT2D eigenvalue weighted by Crippen LogP contribution is 2.37. The first kappa shape index (κ1) is 15.0. The van der Waals surface area contributed by atoms with Gasteiger partial charge in [0.05, 0.1) is 16.5 Å². The van der Waals surface area contributed by atoms with E-state index in [0.29, 0.717) is 16.0 Å². The molecule has 0 unspecified atom stereocenters. The third-order valence-electron chi connectivity index (χ3n) is 2.48. The van der Waals surface area contributed by atoms with Crippen LogP contribution in [0.25, 0.3) is 0 Å². The molecular weight excluding hydrogens is 441 g/mol. The molecule has 104 valence electrons. The average Bonchev–Trinajstić information content (AvgIpc) is 2.42. The summed E-state index contributed by atoms with van der Waals surface area (Å²) < 4.78 is 12.1. The maximum atomic E-state index is 11.0. The summed E-state index contributed by atoms with van der Waals surface area (Å²) >= 11 is 5.36. The van der Waals surface area contributed by atoms with Gasteiger partial charge in [-0.1, -0.05) is 0 Å². The fourth-order valence-electron chi connectivity index (χ4n) is 1.53. The largest absolute Gasteiger partial charge is 0.497 e. The molecule has 0 atom stereocenters. The molecule has 0 amide bonds. The zero-order valence-electron chi connectivity index (χ0n) is 10.3. The molecule has 0 aliphatic heterocycles. The fourth-order valence-corrected chi connectivity index (χ4v) is 2.44. The maximum Gasteiger partial charge on any atom is 0.312 e. The number of hydrogen-bond acceptors (Lipinski definition) is 4. The first-order valence-corrected chi connectivity index (χ1v) is 7.34. The molecule has 2 rings (SSSR count). The van der Waals surface area contributed by atoms with E-state index in [2.05, 4.69) is 15.9 Å². The van der Waals surface area contributed by atoms with E-state index in [1.54, 1.807) is 37.4 Å². The van der Waals surface area contributed by atoms with Gasteiger partial charge in [-0.2, -0.15) is 0 Å². The van der Waals surface area contributed by atoms with Gasteiger partial charge in [-0.3, -0.25) is 10.1 Å². The Morgan fingerprint density at radius 2 is 1.90 bits per heavy atom. The Bertz CT molecular complexity index is 663. The van der Waals surface area contributed by atoms with Crippen LogP contribution in [0.5, 0.6) is 17.2 Å². The number of nitrogens with zero attached hydrogens (tertiary/aromatic N) is 1. The number of hydrogen-bond donors (Lipinski definition) is 0. The molecule has 0 saturated carbocycles. The lowest BCUT2D eigenvalue weighted by Crippen LogP contribution is -1.94. The van der Waals surface area contributed by atoms with Crippen LogP contribution in [0.1, 0.15) is 0 Å². The second kappa shape index (κ2) is 6.40. The van der Waals surface area contributed by atoms with Crippen molar-refractivity contribution >= 4 is 44.2 Å². The molecule has 7 heteroatoms. The number of nitro benzene ring substituents is 1. The molecule has 0 aliphatic rings. The number of benzene rings is 2. The SMILES string of the molecule is COc1ccc(Oc2ccc(I)cc2[N+](=O)[O-])c(Br)c1. The van der Waals surface area contributed by atoms with Crippen molar-refractivity contribution in [1.29, 1.82) is 0 Å². The predicted octanol–water partition coefficient (Wildman–Crippen LogP) is 4.76. The Hall–Kier alpha value is -1.35. The topological polar surface area (TPSA) is 61.6 Å². The van der Waals surface area contributed by atoms with Gasteiger partial charge in [-0.05, 0) is 68.9 Å². The summed E-state index contributed by atoms with van der Waals surface area (Å²) in [4.78, 5) is 10.6. The summed E-state index contributed by atoms with van der Waals surface area (Å²) in [5, 5.41) is 11.0. The Labute approximate surface area is 137 Å². The number of halogens is 2. The number of ether oxygens (including phenoxy) is 2. The lowest BCUT2D eigenvalue weighted by atomic mass is 10.3. The van der Waals surface area contributed by atoms with Gasteiger partial charge in [0.1, 0.15) is 11.5 Å². The van der Waals surface area contributed by atoms with Crippen LogP contribution in [0.2, 0.25) is 0 Å². The summed E-state index contributed by atoms with van der Waals surface area (Å²) in [6.07, 6.45) is 0. The van der Waals surface area contributed by atoms with E-state index in [1.165, 1.54) is 6.07 Å². The molecular formula is C13H9BrINO4. The molecule has 0 radical (unpaired) electrons. The highest BCUT2D eigenvalue weighted by Gasteiger charge is 2.17. The van der Waals surface area contributed by atoms with Crippen molar-refractivity contribution in [3.8, 4) is 17.2 Å². The Balaban J connectivity index is 2.37. The van der Waals surface area contributed by atoms with E-state index < -0.39 is 4.92 Å². The van der Waals surface area contributed by atoms with Gasteiger partial charge in [0.2, 0.25) is 5.75 Å². The quantitative estimate of drug-likeness (QED) is 0.383. The molecule has 2 aromatic rings. The van der Waals surface area contributed by atoms with Crippen LogP contribution in [0.3, 0.4) is 0 Å². The third-order valence-corrected chi connectivity index (χ3v) is 3.77. The predicted molar refractivity (Wildman–Crippen MR) is 86.6 cm³/mol. The Morgan fingerprint density at radius 1 is 1.20 bits per heavy atom. The van der Waals surface area contributed by atoms with Gasteiger partial charge >= 0.3 is 5.69 Å². The molecule has 0 saturated heterocycles. The van der Waals surface area contributed by atoms with Crippen LogP contribution in [-0.2, 0) is 0 Å². The zero-order valence-corrected chi connectivity index (χ0v) is 14.0. The first-order chi connectivity index (χ1) is 9.51. The van der Waals surface area contributed by atoms with Crippen LogP contribution in [0.15, 0.2) is 40.9 Å². The minimum atomic E-state index is -0.463. The van der Waals surface area contributed by atoms with E-state index in [0.717, 1.165) is 3.57 Å². The first-order valence-electron chi connectivity index (χ1n) is 5.46. The van der Waals surface area contributed by atoms with E-state index in [-0.39, 0.29) is 11.4 Å². The summed E-state index contributed by atoms with van der Waals surface area (Å²) in [5.74, 6) is 1.35. The van der Waals surface area contributed by atoms with E-state index in [4.69, 9.17) is 9.47 Å². The van der Waals surface area contributed by atoms with Crippen LogP contribution >= 0.6 is 38.5 Å². The molecule has 20 heavy (non-hydrogen) atoms. The van der Waals surface area contributed by atoms with Crippen molar-refractivity contribution in [2.45, 2.75) is 0 Å². The van der Waals surface area contributed by atoms with E-state index in [9.17, 15) is 10.1 Å². The van der Waals surface area contributed by atoms with Gasteiger partial charge in [0, 0.05) is 9.64 Å². The molecule has 0 aromatic heterocycles. The summed E-state index contributed by atoms with van der Waals surface area (Å²) in [6.45, 7) is 0. The second-order valence-electron chi connectivity index (χ2n) is 3.77. The zero-order chi connectivity index (χ0) is 14.7. The molecule has 0 fully saturated rings. The van der Waals surface area contributed by atoms with Crippen molar-refractivity contribution in [3.63, 3.8) is 0 Å². The molecule has 0 spiro atoms. The standard InChI is InChI=1S/C13H9BrINO4/c1-19-9-3-5-12(10(14)7-9)20-13-4-2-8(15)6-11(13)16(17)18/h2-7H,1H3. The van der Waals surface area contributed by atoms with Crippen LogP contribution in [0, 0.1) is 13.7 Å². The van der Waals surface area contributed by atoms with Crippen molar-refractivity contribution in [2.75, 3.05) is 7.11 Å². The Kier molecular flexibility index (Phi) is 4.81. The number of nitro groups is 1. The van der Waals surface area contributed by atoms with Crippen molar-refractivity contribution in [2.24, 2.45) is 0 Å². The van der Waals surface area contributed by atoms with E-state index >= 15 is 0 Å².